The van der Waals surface area contributed by atoms with E-state index in [1.807, 2.05) is 26.3 Å². The van der Waals surface area contributed by atoms with Crippen LogP contribution in [0.3, 0.4) is 0 Å². The number of aromatic nitrogens is 3. The van der Waals surface area contributed by atoms with Gasteiger partial charge in [0.05, 0.1) is 5.51 Å². The van der Waals surface area contributed by atoms with Gasteiger partial charge in [-0.25, -0.2) is 15.0 Å². The van der Waals surface area contributed by atoms with Gasteiger partial charge in [0.15, 0.2) is 5.82 Å². The van der Waals surface area contributed by atoms with Crippen LogP contribution in [0.5, 0.6) is 0 Å². The molecule has 0 aliphatic rings. The van der Waals surface area contributed by atoms with Crippen LogP contribution in [0.2, 0.25) is 0 Å². The van der Waals surface area contributed by atoms with Crippen LogP contribution in [-0.2, 0) is 6.42 Å². The molecule has 17 heavy (non-hydrogen) atoms. The van der Waals surface area contributed by atoms with E-state index in [-0.39, 0.29) is 0 Å². The molecule has 0 spiro atoms. The van der Waals surface area contributed by atoms with E-state index in [2.05, 4.69) is 20.3 Å². The number of hydrogen-bond donors (Lipinski definition) is 1. The van der Waals surface area contributed by atoms with Crippen molar-refractivity contribution in [1.82, 2.24) is 20.3 Å². The summed E-state index contributed by atoms with van der Waals surface area (Å²) in [5.74, 6) is 0.731. The lowest BCUT2D eigenvalue weighted by molar-refractivity contribution is 0.774. The molecular weight excluding hydrogens is 232 g/mol. The first kappa shape index (κ1) is 12.1. The number of nitrogens with one attached hydrogen (secondary N) is 1. The average Bonchev–Trinajstić information content (AvgIpc) is 2.81. The fraction of sp³-hybridized carbons (Fsp3) is 0.417. The zero-order valence-corrected chi connectivity index (χ0v) is 11.1. The molecule has 0 aliphatic carbocycles. The van der Waals surface area contributed by atoms with Crippen LogP contribution < -0.4 is 5.32 Å². The molecule has 5 heteroatoms. The van der Waals surface area contributed by atoms with Gasteiger partial charge in [0.2, 0.25) is 0 Å². The molecule has 0 saturated heterocycles. The highest BCUT2D eigenvalue weighted by molar-refractivity contribution is 7.07. The number of rotatable bonds is 4. The summed E-state index contributed by atoms with van der Waals surface area (Å²) in [6, 6.07) is 0. The largest absolute Gasteiger partial charge is 0.319 e. The summed E-state index contributed by atoms with van der Waals surface area (Å²) in [4.78, 5) is 13.3. The first-order valence-corrected chi connectivity index (χ1v) is 6.54. The number of hydrogen-bond acceptors (Lipinski definition) is 5. The second-order valence-electron chi connectivity index (χ2n) is 3.92. The van der Waals surface area contributed by atoms with Crippen molar-refractivity contribution in [3.8, 4) is 11.5 Å². The van der Waals surface area contributed by atoms with Crippen LogP contribution in [0.15, 0.2) is 10.9 Å². The molecule has 0 unspecified atom stereocenters. The van der Waals surface area contributed by atoms with Gasteiger partial charge in [-0.2, -0.15) is 0 Å². The first-order valence-electron chi connectivity index (χ1n) is 5.59. The van der Waals surface area contributed by atoms with Gasteiger partial charge in [0, 0.05) is 16.8 Å². The van der Waals surface area contributed by atoms with Gasteiger partial charge in [-0.05, 0) is 39.4 Å². The summed E-state index contributed by atoms with van der Waals surface area (Å²) in [6.45, 7) is 5.02. The SMILES string of the molecule is CNCCc1c(C)nc(-c2cscn2)nc1C. The molecule has 1 N–H and O–H groups in total. The van der Waals surface area contributed by atoms with E-state index in [1.54, 1.807) is 16.8 Å². The average molecular weight is 248 g/mol. The van der Waals surface area contributed by atoms with Crippen LogP contribution in [0.1, 0.15) is 17.0 Å². The van der Waals surface area contributed by atoms with Crippen molar-refractivity contribution in [2.45, 2.75) is 20.3 Å². The molecule has 0 aromatic carbocycles. The van der Waals surface area contributed by atoms with Crippen molar-refractivity contribution in [2.24, 2.45) is 0 Å². The zero-order chi connectivity index (χ0) is 12.3. The van der Waals surface area contributed by atoms with E-state index in [0.29, 0.717) is 0 Å². The molecule has 4 nitrogen and oxygen atoms in total. The van der Waals surface area contributed by atoms with Crippen molar-refractivity contribution >= 4 is 11.3 Å². The molecule has 0 amide bonds. The summed E-state index contributed by atoms with van der Waals surface area (Å²) in [7, 11) is 1.95. The van der Waals surface area contributed by atoms with Crippen LogP contribution in [-0.4, -0.2) is 28.5 Å². The standard InChI is InChI=1S/C12H16N4S/c1-8-10(4-5-13-3)9(2)16-12(15-8)11-6-17-7-14-11/h6-7,13H,4-5H2,1-3H3. The minimum atomic E-state index is 0.731. The summed E-state index contributed by atoms with van der Waals surface area (Å²) in [5, 5.41) is 5.12. The minimum absolute atomic E-state index is 0.731. The Morgan fingerprint density at radius 3 is 2.47 bits per heavy atom. The predicted octanol–water partition coefficient (Wildman–Crippen LogP) is 1.98. The van der Waals surface area contributed by atoms with Crippen LogP contribution in [0, 0.1) is 13.8 Å². The Hall–Kier alpha value is -1.33. The lowest BCUT2D eigenvalue weighted by Gasteiger charge is -2.09. The van der Waals surface area contributed by atoms with Gasteiger partial charge in [0.1, 0.15) is 5.69 Å². The normalized spacial score (nSPS) is 10.8. The second-order valence-corrected chi connectivity index (χ2v) is 4.64. The number of likely N-dealkylation sites (N-methyl/N-ethyl adjacent to an activating group) is 1. The Morgan fingerprint density at radius 2 is 1.94 bits per heavy atom. The first-order chi connectivity index (χ1) is 8.22. The Balaban J connectivity index is 2.35. The van der Waals surface area contributed by atoms with Gasteiger partial charge in [-0.1, -0.05) is 0 Å². The highest BCUT2D eigenvalue weighted by atomic mass is 32.1. The molecule has 0 bridgehead atoms. The molecule has 2 aromatic rings. The summed E-state index contributed by atoms with van der Waals surface area (Å²) in [6.07, 6.45) is 0.964. The Labute approximate surface area is 105 Å². The number of thiazole rings is 1. The third-order valence-corrected chi connectivity index (χ3v) is 3.29. The van der Waals surface area contributed by atoms with Crippen LogP contribution >= 0.6 is 11.3 Å². The maximum Gasteiger partial charge on any atom is 0.179 e. The van der Waals surface area contributed by atoms with Crippen molar-refractivity contribution < 1.29 is 0 Å². The molecule has 0 atom stereocenters. The van der Waals surface area contributed by atoms with Crippen molar-refractivity contribution in [3.63, 3.8) is 0 Å². The van der Waals surface area contributed by atoms with Gasteiger partial charge >= 0.3 is 0 Å². The van der Waals surface area contributed by atoms with E-state index in [1.165, 1.54) is 5.56 Å². The van der Waals surface area contributed by atoms with Crippen LogP contribution in [0.4, 0.5) is 0 Å². The molecular formula is C12H16N4S. The molecule has 2 aromatic heterocycles. The van der Waals surface area contributed by atoms with E-state index < -0.39 is 0 Å². The lowest BCUT2D eigenvalue weighted by Crippen LogP contribution is -2.13. The fourth-order valence-electron chi connectivity index (χ4n) is 1.79. The van der Waals surface area contributed by atoms with Crippen molar-refractivity contribution in [3.05, 3.63) is 27.8 Å². The Morgan fingerprint density at radius 1 is 1.24 bits per heavy atom. The van der Waals surface area contributed by atoms with Gasteiger partial charge in [-0.15, -0.1) is 11.3 Å². The maximum absolute atomic E-state index is 4.53. The van der Waals surface area contributed by atoms with E-state index >= 15 is 0 Å². The summed E-state index contributed by atoms with van der Waals surface area (Å²) < 4.78 is 0. The summed E-state index contributed by atoms with van der Waals surface area (Å²) >= 11 is 1.56. The topological polar surface area (TPSA) is 50.7 Å². The summed E-state index contributed by atoms with van der Waals surface area (Å²) in [5.41, 5.74) is 6.00. The van der Waals surface area contributed by atoms with E-state index in [0.717, 1.165) is 35.9 Å². The highest BCUT2D eigenvalue weighted by Crippen LogP contribution is 2.18. The number of aryl methyl sites for hydroxylation is 2. The lowest BCUT2D eigenvalue weighted by atomic mass is 10.1. The monoisotopic (exact) mass is 248 g/mol. The van der Waals surface area contributed by atoms with Crippen molar-refractivity contribution in [2.75, 3.05) is 13.6 Å². The van der Waals surface area contributed by atoms with Gasteiger partial charge in [-0.3, -0.25) is 0 Å². The second kappa shape index (κ2) is 5.33. The van der Waals surface area contributed by atoms with Crippen molar-refractivity contribution in [1.29, 1.82) is 0 Å². The molecule has 2 rings (SSSR count). The van der Waals surface area contributed by atoms with Gasteiger partial charge < -0.3 is 5.32 Å². The third kappa shape index (κ3) is 2.68. The van der Waals surface area contributed by atoms with E-state index in [9.17, 15) is 0 Å². The van der Waals surface area contributed by atoms with Crippen LogP contribution in [0.25, 0.3) is 11.5 Å². The molecule has 90 valence electrons. The quantitative estimate of drug-likeness (QED) is 0.899. The third-order valence-electron chi connectivity index (χ3n) is 2.71. The maximum atomic E-state index is 4.53. The molecule has 0 aliphatic heterocycles. The molecule has 0 saturated carbocycles. The Bertz CT molecular complexity index is 470. The molecule has 2 heterocycles. The smallest absolute Gasteiger partial charge is 0.179 e. The highest BCUT2D eigenvalue weighted by Gasteiger charge is 2.10. The number of nitrogens with zero attached hydrogens (tertiary/aromatic N) is 3. The predicted molar refractivity (Wildman–Crippen MR) is 70.2 cm³/mol. The van der Waals surface area contributed by atoms with E-state index in [4.69, 9.17) is 0 Å². The molecule has 0 fully saturated rings. The zero-order valence-electron chi connectivity index (χ0n) is 10.3. The Kier molecular flexibility index (Phi) is 3.81. The van der Waals surface area contributed by atoms with Gasteiger partial charge in [0.25, 0.3) is 0 Å². The minimum Gasteiger partial charge on any atom is -0.319 e. The fourth-order valence-corrected chi connectivity index (χ4v) is 2.32. The molecule has 0 radical (unpaired) electrons.